The van der Waals surface area contributed by atoms with Crippen molar-refractivity contribution < 1.29 is 0 Å². The van der Waals surface area contributed by atoms with E-state index < -0.39 is 10.8 Å². The van der Waals surface area contributed by atoms with E-state index in [1.165, 1.54) is 82.6 Å². The Labute approximate surface area is 312 Å². The maximum atomic E-state index is 4.98. The summed E-state index contributed by atoms with van der Waals surface area (Å²) in [7, 11) is 0. The molecule has 0 radical (unpaired) electrons. The fourth-order valence-corrected chi connectivity index (χ4v) is 11.3. The van der Waals surface area contributed by atoms with Gasteiger partial charge in [-0.2, -0.15) is 0 Å². The molecule has 1 heterocycles. The van der Waals surface area contributed by atoms with E-state index in [9.17, 15) is 0 Å². The molecule has 0 fully saturated rings. The Kier molecular flexibility index (Phi) is 5.85. The minimum atomic E-state index is -0.531. The van der Waals surface area contributed by atoms with E-state index in [1.54, 1.807) is 11.3 Å². The van der Waals surface area contributed by atoms with Crippen LogP contribution < -0.4 is 0 Å². The standard InChI is InChI=1S/C51H31NS/c1-2-14-34(15-3-1)50-40-21-6-4-17-37(40)39-20-13-25-44(48(39)50)51(43-24-9-8-23-42(43)50)41-22-7-5-16-36(41)38-19-12-18-35(47(38)51)32-28-30-33(31-29-32)49-52-45-26-10-11-27-46(45)53-49/h1-31H. The molecule has 2 unspecified atom stereocenters. The quantitative estimate of drug-likeness (QED) is 0.180. The van der Waals surface area contributed by atoms with Gasteiger partial charge in [0.25, 0.3) is 0 Å². The second-order valence-corrected chi connectivity index (χ2v) is 15.6. The van der Waals surface area contributed by atoms with Crippen LogP contribution in [-0.2, 0) is 10.8 Å². The van der Waals surface area contributed by atoms with Crippen LogP contribution in [0.25, 0.3) is 54.2 Å². The summed E-state index contributed by atoms with van der Waals surface area (Å²) in [6.45, 7) is 0. The van der Waals surface area contributed by atoms with Crippen molar-refractivity contribution in [2.45, 2.75) is 10.8 Å². The lowest BCUT2D eigenvalue weighted by molar-refractivity contribution is 0.637. The molecule has 1 nitrogen and oxygen atoms in total. The number of benzene rings is 8. The van der Waals surface area contributed by atoms with E-state index in [0.717, 1.165) is 16.1 Å². The van der Waals surface area contributed by atoms with Gasteiger partial charge < -0.3 is 0 Å². The Hall–Kier alpha value is -6.35. The predicted octanol–water partition coefficient (Wildman–Crippen LogP) is 12.7. The molecule has 12 rings (SSSR count). The molecule has 2 heteroatoms. The number of para-hydroxylation sites is 1. The minimum Gasteiger partial charge on any atom is -0.236 e. The van der Waals surface area contributed by atoms with Crippen LogP contribution in [0.1, 0.15) is 44.5 Å². The van der Waals surface area contributed by atoms with E-state index in [0.29, 0.717) is 0 Å². The number of hydrogen-bond acceptors (Lipinski definition) is 2. The van der Waals surface area contributed by atoms with Crippen molar-refractivity contribution in [3.8, 4) is 44.0 Å². The van der Waals surface area contributed by atoms with Crippen LogP contribution >= 0.6 is 11.3 Å². The molecular weight excluding hydrogens is 659 g/mol. The molecule has 3 aliphatic rings. The van der Waals surface area contributed by atoms with Gasteiger partial charge in [-0.05, 0) is 90.0 Å². The average Bonchev–Trinajstić information content (AvgIpc) is 3.90. The maximum Gasteiger partial charge on any atom is 0.124 e. The number of aromatic nitrogens is 1. The molecule has 0 bridgehead atoms. The Morgan fingerprint density at radius 1 is 0.340 bits per heavy atom. The second kappa shape index (κ2) is 10.6. The number of fused-ring (bicyclic) bond motifs is 13. The van der Waals surface area contributed by atoms with Gasteiger partial charge in [-0.3, -0.25) is 0 Å². The number of nitrogens with zero attached hydrogens (tertiary/aromatic N) is 1. The number of thiazole rings is 1. The highest BCUT2D eigenvalue weighted by atomic mass is 32.1. The van der Waals surface area contributed by atoms with Crippen LogP contribution in [0.2, 0.25) is 0 Å². The maximum absolute atomic E-state index is 4.98. The van der Waals surface area contributed by atoms with E-state index in [-0.39, 0.29) is 0 Å². The zero-order valence-corrected chi connectivity index (χ0v) is 29.6. The molecule has 8 aromatic carbocycles. The highest BCUT2D eigenvalue weighted by Gasteiger charge is 2.60. The van der Waals surface area contributed by atoms with Crippen molar-refractivity contribution >= 4 is 21.6 Å². The molecule has 1 aromatic heterocycles. The highest BCUT2D eigenvalue weighted by molar-refractivity contribution is 7.21. The fourth-order valence-electron chi connectivity index (χ4n) is 10.3. The third-order valence-corrected chi connectivity index (χ3v) is 13.3. The molecule has 3 aliphatic carbocycles. The van der Waals surface area contributed by atoms with Crippen molar-refractivity contribution in [2.75, 3.05) is 0 Å². The Morgan fingerprint density at radius 3 is 1.58 bits per heavy atom. The minimum absolute atomic E-state index is 0.447. The van der Waals surface area contributed by atoms with Crippen LogP contribution in [0.5, 0.6) is 0 Å². The SMILES string of the molecule is c1ccc(C23c4ccccc4-c4cccc(c42)C2(c4ccccc4-c4cccc(-c5ccc(-c6nc7ccccc7s6)cc5)c42)c2ccccc23)cc1. The van der Waals surface area contributed by atoms with Crippen LogP contribution in [0.15, 0.2) is 188 Å². The van der Waals surface area contributed by atoms with Crippen molar-refractivity contribution in [1.82, 2.24) is 4.98 Å². The van der Waals surface area contributed by atoms with E-state index in [4.69, 9.17) is 4.98 Å². The lowest BCUT2D eigenvalue weighted by Gasteiger charge is -2.48. The average molecular weight is 690 g/mol. The van der Waals surface area contributed by atoms with E-state index in [1.807, 2.05) is 0 Å². The van der Waals surface area contributed by atoms with Crippen LogP contribution in [-0.4, -0.2) is 4.98 Å². The Balaban J connectivity index is 1.18. The lowest BCUT2D eigenvalue weighted by Crippen LogP contribution is -2.43. The zero-order valence-electron chi connectivity index (χ0n) is 28.8. The molecule has 2 atom stereocenters. The van der Waals surface area contributed by atoms with Crippen LogP contribution in [0, 0.1) is 0 Å². The molecule has 1 spiro atoms. The monoisotopic (exact) mass is 689 g/mol. The summed E-state index contributed by atoms with van der Waals surface area (Å²) < 4.78 is 1.22. The molecule has 0 N–H and O–H groups in total. The summed E-state index contributed by atoms with van der Waals surface area (Å²) >= 11 is 1.75. The molecule has 246 valence electrons. The van der Waals surface area contributed by atoms with Gasteiger partial charge in [-0.15, -0.1) is 11.3 Å². The number of rotatable bonds is 3. The summed E-state index contributed by atoms with van der Waals surface area (Å²) in [5.41, 5.74) is 19.9. The largest absolute Gasteiger partial charge is 0.236 e. The van der Waals surface area contributed by atoms with Gasteiger partial charge in [0.05, 0.1) is 21.0 Å². The van der Waals surface area contributed by atoms with Gasteiger partial charge in [0.1, 0.15) is 5.01 Å². The fraction of sp³-hybridized carbons (Fsp3) is 0.0392. The summed E-state index contributed by atoms with van der Waals surface area (Å²) in [5, 5.41) is 1.05. The highest BCUT2D eigenvalue weighted by Crippen LogP contribution is 2.69. The van der Waals surface area contributed by atoms with Gasteiger partial charge in [0, 0.05) is 5.56 Å². The van der Waals surface area contributed by atoms with Crippen LogP contribution in [0.3, 0.4) is 0 Å². The summed E-state index contributed by atoms with van der Waals surface area (Å²) in [6.07, 6.45) is 0. The van der Waals surface area contributed by atoms with Gasteiger partial charge in [-0.25, -0.2) is 4.98 Å². The first-order chi connectivity index (χ1) is 26.3. The first-order valence-electron chi connectivity index (χ1n) is 18.4. The molecular formula is C51H31NS. The van der Waals surface area contributed by atoms with Gasteiger partial charge in [0.15, 0.2) is 0 Å². The molecule has 0 aliphatic heterocycles. The van der Waals surface area contributed by atoms with Crippen molar-refractivity contribution in [2.24, 2.45) is 0 Å². The summed E-state index contributed by atoms with van der Waals surface area (Å²) in [4.78, 5) is 4.98. The third-order valence-electron chi connectivity index (χ3n) is 12.2. The third kappa shape index (κ3) is 3.59. The first-order valence-corrected chi connectivity index (χ1v) is 19.2. The molecule has 0 amide bonds. The first kappa shape index (κ1) is 29.3. The molecule has 0 saturated carbocycles. The van der Waals surface area contributed by atoms with Gasteiger partial charge in [0.2, 0.25) is 0 Å². The normalized spacial score (nSPS) is 18.3. The Bertz CT molecular complexity index is 2920. The topological polar surface area (TPSA) is 12.9 Å². The van der Waals surface area contributed by atoms with Crippen molar-refractivity contribution in [3.63, 3.8) is 0 Å². The van der Waals surface area contributed by atoms with Gasteiger partial charge in [-0.1, -0.05) is 176 Å². The van der Waals surface area contributed by atoms with Crippen molar-refractivity contribution in [3.05, 3.63) is 233 Å². The molecule has 0 saturated heterocycles. The van der Waals surface area contributed by atoms with Gasteiger partial charge >= 0.3 is 0 Å². The lowest BCUT2D eigenvalue weighted by atomic mass is 9.52. The molecule has 9 aromatic rings. The van der Waals surface area contributed by atoms with E-state index in [2.05, 4.69) is 188 Å². The van der Waals surface area contributed by atoms with E-state index >= 15 is 0 Å². The Morgan fingerprint density at radius 2 is 0.849 bits per heavy atom. The smallest absolute Gasteiger partial charge is 0.124 e. The van der Waals surface area contributed by atoms with Crippen molar-refractivity contribution in [1.29, 1.82) is 0 Å². The predicted molar refractivity (Wildman–Crippen MR) is 219 cm³/mol. The van der Waals surface area contributed by atoms with Crippen LogP contribution in [0.4, 0.5) is 0 Å². The number of hydrogen-bond donors (Lipinski definition) is 0. The summed E-state index contributed by atoms with van der Waals surface area (Å²) in [5.74, 6) is 0. The summed E-state index contributed by atoms with van der Waals surface area (Å²) in [6, 6.07) is 70.5. The second-order valence-electron chi connectivity index (χ2n) is 14.5. The zero-order chi connectivity index (χ0) is 34.7. The molecule has 53 heavy (non-hydrogen) atoms.